The lowest BCUT2D eigenvalue weighted by Gasteiger charge is -2.27. The first-order chi connectivity index (χ1) is 5.38. The Labute approximate surface area is 75.1 Å². The molecule has 0 aliphatic rings. The molecule has 0 heterocycles. The van der Waals surface area contributed by atoms with E-state index < -0.39 is 5.60 Å². The predicted molar refractivity (Wildman–Crippen MR) is 50.2 cm³/mol. The van der Waals surface area contributed by atoms with Crippen molar-refractivity contribution in [3.05, 3.63) is 0 Å². The van der Waals surface area contributed by atoms with Gasteiger partial charge in [0.05, 0.1) is 11.7 Å². The number of nitrogens with one attached hydrogen (secondary N) is 1. The zero-order valence-corrected chi connectivity index (χ0v) is 8.72. The van der Waals surface area contributed by atoms with Gasteiger partial charge >= 0.3 is 0 Å². The third-order valence-corrected chi connectivity index (χ3v) is 2.17. The van der Waals surface area contributed by atoms with Gasteiger partial charge < -0.3 is 15.2 Å². The molecule has 0 fully saturated rings. The second kappa shape index (κ2) is 4.80. The average molecular weight is 175 g/mol. The first-order valence-electron chi connectivity index (χ1n) is 4.36. The minimum absolute atomic E-state index is 0.0788. The quantitative estimate of drug-likeness (QED) is 0.648. The fourth-order valence-corrected chi connectivity index (χ4v) is 0.676. The number of hydrogen-bond donors (Lipinski definition) is 2. The van der Waals surface area contributed by atoms with E-state index in [-0.39, 0.29) is 12.1 Å². The Morgan fingerprint density at radius 2 is 1.92 bits per heavy atom. The van der Waals surface area contributed by atoms with Gasteiger partial charge in [-0.1, -0.05) is 0 Å². The molecule has 0 aliphatic carbocycles. The Bertz CT molecular complexity index is 120. The topological polar surface area (TPSA) is 41.5 Å². The van der Waals surface area contributed by atoms with Crippen LogP contribution in [0.3, 0.4) is 0 Å². The summed E-state index contributed by atoms with van der Waals surface area (Å²) in [4.78, 5) is 0. The molecular formula is C9H21NO2. The standard InChI is InChI=1S/C9H21NO2/c1-7(12-5)6-10-8(2)9(3,4)11/h7-8,10-11H,6H2,1-5H3. The molecule has 3 nitrogen and oxygen atoms in total. The van der Waals surface area contributed by atoms with Crippen molar-refractivity contribution in [2.75, 3.05) is 13.7 Å². The summed E-state index contributed by atoms with van der Waals surface area (Å²) in [5.74, 6) is 0. The summed E-state index contributed by atoms with van der Waals surface area (Å²) >= 11 is 0. The number of ether oxygens (including phenoxy) is 1. The van der Waals surface area contributed by atoms with E-state index in [1.807, 2.05) is 13.8 Å². The van der Waals surface area contributed by atoms with Crippen LogP contribution in [0.25, 0.3) is 0 Å². The zero-order chi connectivity index (χ0) is 9.78. The smallest absolute Gasteiger partial charge is 0.0741 e. The summed E-state index contributed by atoms with van der Waals surface area (Å²) < 4.78 is 5.07. The molecule has 0 spiro atoms. The molecule has 0 saturated heterocycles. The normalized spacial score (nSPS) is 17.5. The Balaban J connectivity index is 3.64. The Hall–Kier alpha value is -0.120. The Kier molecular flexibility index (Phi) is 4.75. The van der Waals surface area contributed by atoms with Crippen LogP contribution in [-0.2, 0) is 4.74 Å². The molecule has 0 aliphatic heterocycles. The van der Waals surface area contributed by atoms with Crippen molar-refractivity contribution < 1.29 is 9.84 Å². The summed E-state index contributed by atoms with van der Waals surface area (Å²) in [5, 5.41) is 12.8. The second-order valence-corrected chi connectivity index (χ2v) is 3.83. The van der Waals surface area contributed by atoms with Crippen LogP contribution in [0.15, 0.2) is 0 Å². The second-order valence-electron chi connectivity index (χ2n) is 3.83. The summed E-state index contributed by atoms with van der Waals surface area (Å²) in [5.41, 5.74) is -0.673. The highest BCUT2D eigenvalue weighted by Gasteiger charge is 2.21. The minimum Gasteiger partial charge on any atom is -0.389 e. The molecule has 0 aromatic rings. The monoisotopic (exact) mass is 175 g/mol. The van der Waals surface area contributed by atoms with Crippen LogP contribution in [0.2, 0.25) is 0 Å². The van der Waals surface area contributed by atoms with E-state index >= 15 is 0 Å². The van der Waals surface area contributed by atoms with E-state index in [0.29, 0.717) is 0 Å². The number of aliphatic hydroxyl groups is 1. The van der Waals surface area contributed by atoms with Crippen molar-refractivity contribution in [1.82, 2.24) is 5.32 Å². The van der Waals surface area contributed by atoms with E-state index in [1.54, 1.807) is 21.0 Å². The molecule has 2 N–H and O–H groups in total. The molecule has 0 bridgehead atoms. The molecule has 2 unspecified atom stereocenters. The van der Waals surface area contributed by atoms with Gasteiger partial charge in [0.2, 0.25) is 0 Å². The van der Waals surface area contributed by atoms with Crippen LogP contribution in [0.1, 0.15) is 27.7 Å². The van der Waals surface area contributed by atoms with E-state index in [2.05, 4.69) is 5.32 Å². The Morgan fingerprint density at radius 3 is 2.25 bits per heavy atom. The van der Waals surface area contributed by atoms with Crippen molar-refractivity contribution in [3.8, 4) is 0 Å². The van der Waals surface area contributed by atoms with Crippen LogP contribution < -0.4 is 5.32 Å². The predicted octanol–water partition coefficient (Wildman–Crippen LogP) is 0.770. The van der Waals surface area contributed by atoms with Gasteiger partial charge in [-0.05, 0) is 27.7 Å². The van der Waals surface area contributed by atoms with Crippen LogP contribution in [0.4, 0.5) is 0 Å². The first kappa shape index (κ1) is 11.9. The summed E-state index contributed by atoms with van der Waals surface area (Å²) in [6.07, 6.45) is 0.190. The van der Waals surface area contributed by atoms with Crippen molar-refractivity contribution in [3.63, 3.8) is 0 Å². The highest BCUT2D eigenvalue weighted by molar-refractivity contribution is 4.79. The van der Waals surface area contributed by atoms with Crippen LogP contribution in [0.5, 0.6) is 0 Å². The summed E-state index contributed by atoms with van der Waals surface area (Å²) in [7, 11) is 1.68. The molecule has 0 aromatic carbocycles. The third kappa shape index (κ3) is 4.70. The Morgan fingerprint density at radius 1 is 1.42 bits per heavy atom. The van der Waals surface area contributed by atoms with Gasteiger partial charge in [-0.3, -0.25) is 0 Å². The van der Waals surface area contributed by atoms with Gasteiger partial charge in [-0.25, -0.2) is 0 Å². The van der Waals surface area contributed by atoms with E-state index in [0.717, 1.165) is 6.54 Å². The maximum Gasteiger partial charge on any atom is 0.0741 e. The number of rotatable bonds is 5. The molecule has 12 heavy (non-hydrogen) atoms. The zero-order valence-electron chi connectivity index (χ0n) is 8.72. The molecule has 0 radical (unpaired) electrons. The average Bonchev–Trinajstić information content (AvgIpc) is 1.97. The van der Waals surface area contributed by atoms with E-state index in [9.17, 15) is 5.11 Å². The van der Waals surface area contributed by atoms with E-state index in [1.165, 1.54) is 0 Å². The fourth-order valence-electron chi connectivity index (χ4n) is 0.676. The van der Waals surface area contributed by atoms with E-state index in [4.69, 9.17) is 4.74 Å². The fraction of sp³-hybridized carbons (Fsp3) is 1.00. The first-order valence-corrected chi connectivity index (χ1v) is 4.36. The lowest BCUT2D eigenvalue weighted by molar-refractivity contribution is 0.0357. The van der Waals surface area contributed by atoms with Crippen LogP contribution >= 0.6 is 0 Å². The van der Waals surface area contributed by atoms with Gasteiger partial charge in [0.15, 0.2) is 0 Å². The van der Waals surface area contributed by atoms with Gasteiger partial charge in [0.25, 0.3) is 0 Å². The van der Waals surface area contributed by atoms with Crippen molar-refractivity contribution >= 4 is 0 Å². The SMILES string of the molecule is COC(C)CNC(C)C(C)(C)O. The molecule has 0 amide bonds. The molecule has 0 rings (SSSR count). The molecular weight excluding hydrogens is 154 g/mol. The van der Waals surface area contributed by atoms with Crippen molar-refractivity contribution in [1.29, 1.82) is 0 Å². The molecule has 74 valence electrons. The highest BCUT2D eigenvalue weighted by Crippen LogP contribution is 2.07. The van der Waals surface area contributed by atoms with Crippen LogP contribution in [0, 0.1) is 0 Å². The molecule has 0 saturated carbocycles. The lowest BCUT2D eigenvalue weighted by Crippen LogP contribution is -2.46. The highest BCUT2D eigenvalue weighted by atomic mass is 16.5. The summed E-state index contributed by atoms with van der Waals surface area (Å²) in [6, 6.07) is 0.0788. The number of hydrogen-bond acceptors (Lipinski definition) is 3. The van der Waals surface area contributed by atoms with Crippen LogP contribution in [-0.4, -0.2) is 36.5 Å². The maximum atomic E-state index is 9.57. The lowest BCUT2D eigenvalue weighted by atomic mass is 10.0. The molecule has 3 heteroatoms. The third-order valence-electron chi connectivity index (χ3n) is 2.17. The number of methoxy groups -OCH3 is 1. The maximum absolute atomic E-state index is 9.57. The van der Waals surface area contributed by atoms with Crippen molar-refractivity contribution in [2.24, 2.45) is 0 Å². The summed E-state index contributed by atoms with van der Waals surface area (Å²) in [6.45, 7) is 8.30. The van der Waals surface area contributed by atoms with Gasteiger partial charge in [-0.15, -0.1) is 0 Å². The molecule has 0 aromatic heterocycles. The van der Waals surface area contributed by atoms with Gasteiger partial charge in [-0.2, -0.15) is 0 Å². The van der Waals surface area contributed by atoms with Gasteiger partial charge in [0.1, 0.15) is 0 Å². The van der Waals surface area contributed by atoms with Gasteiger partial charge in [0, 0.05) is 19.7 Å². The van der Waals surface area contributed by atoms with Crippen molar-refractivity contribution in [2.45, 2.75) is 45.4 Å². The minimum atomic E-state index is -0.673. The molecule has 2 atom stereocenters. The largest absolute Gasteiger partial charge is 0.389 e.